The summed E-state index contributed by atoms with van der Waals surface area (Å²) >= 11 is 0. The summed E-state index contributed by atoms with van der Waals surface area (Å²) < 4.78 is 5.11. The Bertz CT molecular complexity index is 894. The molecule has 26 heavy (non-hydrogen) atoms. The maximum absolute atomic E-state index is 12.2. The number of benzene rings is 2. The fraction of sp³-hybridized carbons (Fsp3) is 0.286. The highest BCUT2D eigenvalue weighted by Crippen LogP contribution is 2.27. The molecule has 0 aliphatic rings. The average Bonchev–Trinajstić information content (AvgIpc) is 2.66. The van der Waals surface area contributed by atoms with Crippen molar-refractivity contribution in [2.24, 2.45) is 0 Å². The van der Waals surface area contributed by atoms with Crippen LogP contribution >= 0.6 is 0 Å². The number of carbonyl (C=O) groups is 1. The van der Waals surface area contributed by atoms with Gasteiger partial charge in [0.05, 0.1) is 12.1 Å². The van der Waals surface area contributed by atoms with Crippen LogP contribution in [0.3, 0.4) is 0 Å². The van der Waals surface area contributed by atoms with Crippen molar-refractivity contribution < 1.29 is 9.53 Å². The first-order valence-corrected chi connectivity index (χ1v) is 8.84. The molecule has 0 saturated heterocycles. The topological polar surface area (TPSA) is 55.3 Å². The molecule has 2 aromatic carbocycles. The summed E-state index contributed by atoms with van der Waals surface area (Å²) in [6.07, 6.45) is 0. The van der Waals surface area contributed by atoms with E-state index in [0.29, 0.717) is 13.2 Å². The lowest BCUT2D eigenvalue weighted by atomic mass is 10.1. The molecule has 1 heterocycles. The minimum Gasteiger partial charge on any atom is -0.460 e. The minimum atomic E-state index is -0.497. The Morgan fingerprint density at radius 3 is 2.42 bits per heavy atom. The second-order valence-electron chi connectivity index (χ2n) is 6.32. The summed E-state index contributed by atoms with van der Waals surface area (Å²) in [7, 11) is 0. The Hall–Kier alpha value is -2.95. The monoisotopic (exact) mass is 349 g/mol. The number of nitrogens with zero attached hydrogens (tertiary/aromatic N) is 3. The minimum absolute atomic E-state index is 0.0965. The van der Waals surface area contributed by atoms with Crippen LogP contribution in [0.25, 0.3) is 10.9 Å². The van der Waals surface area contributed by atoms with E-state index in [1.165, 1.54) is 5.56 Å². The van der Waals surface area contributed by atoms with Crippen molar-refractivity contribution in [3.05, 3.63) is 66.0 Å². The quantitative estimate of drug-likeness (QED) is 0.624. The van der Waals surface area contributed by atoms with Gasteiger partial charge in [0.1, 0.15) is 5.82 Å². The maximum atomic E-state index is 12.2. The van der Waals surface area contributed by atoms with Gasteiger partial charge in [0.15, 0.2) is 0 Å². The number of para-hydroxylation sites is 1. The zero-order valence-electron chi connectivity index (χ0n) is 15.3. The van der Waals surface area contributed by atoms with Gasteiger partial charge < -0.3 is 9.64 Å². The van der Waals surface area contributed by atoms with Gasteiger partial charge in [0.2, 0.25) is 5.82 Å². The number of hydrogen-bond acceptors (Lipinski definition) is 5. The third kappa shape index (κ3) is 3.82. The molecule has 134 valence electrons. The number of aromatic nitrogens is 2. The lowest BCUT2D eigenvalue weighted by molar-refractivity contribution is 0.0512. The van der Waals surface area contributed by atoms with Crippen molar-refractivity contribution in [1.82, 2.24) is 9.97 Å². The zero-order chi connectivity index (χ0) is 18.5. The first-order chi connectivity index (χ1) is 12.6. The molecule has 0 unspecified atom stereocenters. The second-order valence-corrected chi connectivity index (χ2v) is 6.32. The van der Waals surface area contributed by atoms with Crippen LogP contribution in [-0.4, -0.2) is 28.6 Å². The van der Waals surface area contributed by atoms with Crippen LogP contribution < -0.4 is 4.90 Å². The lowest BCUT2D eigenvalue weighted by Crippen LogP contribution is -2.32. The van der Waals surface area contributed by atoms with Crippen LogP contribution in [0.2, 0.25) is 0 Å². The molecule has 3 rings (SSSR count). The molecule has 0 saturated carbocycles. The predicted octanol–water partition coefficient (Wildman–Crippen LogP) is 4.22. The standard InChI is InChI=1S/C21H23N3O2/c1-4-26-21(25)19-22-18-13-9-8-12-17(18)20(23-19)24(15(2)3)14-16-10-6-5-7-11-16/h5-13,15H,4,14H2,1-3H3. The average molecular weight is 349 g/mol. The summed E-state index contributed by atoms with van der Waals surface area (Å²) in [5.74, 6) is 0.347. The van der Waals surface area contributed by atoms with Gasteiger partial charge in [-0.1, -0.05) is 42.5 Å². The van der Waals surface area contributed by atoms with E-state index >= 15 is 0 Å². The molecule has 0 bridgehead atoms. The number of fused-ring (bicyclic) bond motifs is 1. The molecule has 5 nitrogen and oxygen atoms in total. The van der Waals surface area contributed by atoms with Crippen LogP contribution in [0.5, 0.6) is 0 Å². The molecule has 0 aliphatic carbocycles. The summed E-state index contributed by atoms with van der Waals surface area (Å²) in [4.78, 5) is 23.4. The van der Waals surface area contributed by atoms with Gasteiger partial charge in [-0.3, -0.25) is 0 Å². The highest BCUT2D eigenvalue weighted by atomic mass is 16.5. The fourth-order valence-corrected chi connectivity index (χ4v) is 2.85. The third-order valence-corrected chi connectivity index (χ3v) is 4.13. The summed E-state index contributed by atoms with van der Waals surface area (Å²) in [5.41, 5.74) is 1.92. The number of anilines is 1. The van der Waals surface area contributed by atoms with Crippen LogP contribution in [0, 0.1) is 0 Å². The summed E-state index contributed by atoms with van der Waals surface area (Å²) in [5, 5.41) is 0.921. The summed E-state index contributed by atoms with van der Waals surface area (Å²) in [6.45, 7) is 6.99. The van der Waals surface area contributed by atoms with Crippen LogP contribution in [0.4, 0.5) is 5.82 Å². The lowest BCUT2D eigenvalue weighted by Gasteiger charge is -2.29. The molecule has 0 aliphatic heterocycles. The number of rotatable bonds is 6. The van der Waals surface area contributed by atoms with Crippen molar-refractivity contribution in [3.63, 3.8) is 0 Å². The molecule has 1 aromatic heterocycles. The van der Waals surface area contributed by atoms with Crippen molar-refractivity contribution in [2.45, 2.75) is 33.4 Å². The van der Waals surface area contributed by atoms with Gasteiger partial charge in [0, 0.05) is 18.0 Å². The Morgan fingerprint density at radius 1 is 1.04 bits per heavy atom. The molecule has 0 N–H and O–H groups in total. The zero-order valence-corrected chi connectivity index (χ0v) is 15.3. The highest BCUT2D eigenvalue weighted by Gasteiger charge is 2.20. The SMILES string of the molecule is CCOC(=O)c1nc(N(Cc2ccccc2)C(C)C)c2ccccc2n1. The van der Waals surface area contributed by atoms with Crippen molar-refractivity contribution in [1.29, 1.82) is 0 Å². The van der Waals surface area contributed by atoms with Gasteiger partial charge >= 0.3 is 5.97 Å². The number of esters is 1. The molecule has 3 aromatic rings. The van der Waals surface area contributed by atoms with Gasteiger partial charge in [-0.2, -0.15) is 0 Å². The van der Waals surface area contributed by atoms with E-state index in [2.05, 4.69) is 40.8 Å². The smallest absolute Gasteiger partial charge is 0.376 e. The third-order valence-electron chi connectivity index (χ3n) is 4.13. The van der Waals surface area contributed by atoms with E-state index < -0.39 is 5.97 Å². The maximum Gasteiger partial charge on any atom is 0.376 e. The molecule has 0 atom stereocenters. The van der Waals surface area contributed by atoms with Gasteiger partial charge in [0.25, 0.3) is 0 Å². The Labute approximate surface area is 153 Å². The molecular formula is C21H23N3O2. The molecule has 0 amide bonds. The molecule has 0 fully saturated rings. The Balaban J connectivity index is 2.11. The highest BCUT2D eigenvalue weighted by molar-refractivity contribution is 5.94. The Morgan fingerprint density at radius 2 is 1.73 bits per heavy atom. The van der Waals surface area contributed by atoms with Gasteiger partial charge in [-0.05, 0) is 38.5 Å². The fourth-order valence-electron chi connectivity index (χ4n) is 2.85. The first kappa shape index (κ1) is 17.9. The first-order valence-electron chi connectivity index (χ1n) is 8.84. The second kappa shape index (κ2) is 7.95. The normalized spacial score (nSPS) is 10.9. The Kier molecular flexibility index (Phi) is 5.46. The molecule has 0 radical (unpaired) electrons. The van der Waals surface area contributed by atoms with E-state index in [1.54, 1.807) is 6.92 Å². The van der Waals surface area contributed by atoms with Gasteiger partial charge in [-0.15, -0.1) is 0 Å². The van der Waals surface area contributed by atoms with Crippen molar-refractivity contribution in [2.75, 3.05) is 11.5 Å². The van der Waals surface area contributed by atoms with E-state index in [0.717, 1.165) is 16.7 Å². The van der Waals surface area contributed by atoms with E-state index in [-0.39, 0.29) is 11.9 Å². The molecular weight excluding hydrogens is 326 g/mol. The number of carbonyl (C=O) groups excluding carboxylic acids is 1. The van der Waals surface area contributed by atoms with E-state index in [1.807, 2.05) is 42.5 Å². The largest absolute Gasteiger partial charge is 0.460 e. The van der Waals surface area contributed by atoms with Crippen molar-refractivity contribution >= 4 is 22.7 Å². The van der Waals surface area contributed by atoms with Crippen LogP contribution in [0.1, 0.15) is 37.0 Å². The predicted molar refractivity (Wildman–Crippen MR) is 103 cm³/mol. The van der Waals surface area contributed by atoms with Crippen molar-refractivity contribution in [3.8, 4) is 0 Å². The number of ether oxygens (including phenoxy) is 1. The van der Waals surface area contributed by atoms with Gasteiger partial charge in [-0.25, -0.2) is 14.8 Å². The molecule has 5 heteroatoms. The number of hydrogen-bond donors (Lipinski definition) is 0. The van der Waals surface area contributed by atoms with Crippen LogP contribution in [-0.2, 0) is 11.3 Å². The molecule has 0 spiro atoms. The van der Waals surface area contributed by atoms with Crippen LogP contribution in [0.15, 0.2) is 54.6 Å². The summed E-state index contributed by atoms with van der Waals surface area (Å²) in [6, 6.07) is 18.2. The van der Waals surface area contributed by atoms with E-state index in [4.69, 9.17) is 4.74 Å². The van der Waals surface area contributed by atoms with E-state index in [9.17, 15) is 4.79 Å².